The van der Waals surface area contributed by atoms with E-state index < -0.39 is 6.23 Å². The van der Waals surface area contributed by atoms with E-state index in [0.717, 1.165) is 16.2 Å². The number of thioether (sulfide) groups is 1. The van der Waals surface area contributed by atoms with E-state index in [1.807, 2.05) is 36.4 Å². The summed E-state index contributed by atoms with van der Waals surface area (Å²) in [5.41, 5.74) is 2.24. The van der Waals surface area contributed by atoms with Gasteiger partial charge in [-0.3, -0.25) is 14.6 Å². The molecule has 0 aromatic heterocycles. The summed E-state index contributed by atoms with van der Waals surface area (Å²) in [7, 11) is 3.17. The van der Waals surface area contributed by atoms with E-state index in [2.05, 4.69) is 25.3 Å². The van der Waals surface area contributed by atoms with E-state index in [-0.39, 0.29) is 11.9 Å². The molecule has 0 N–H and O–H groups in total. The summed E-state index contributed by atoms with van der Waals surface area (Å²) in [4.78, 5) is 27.5. The van der Waals surface area contributed by atoms with Crippen LogP contribution < -0.4 is 4.74 Å². The summed E-state index contributed by atoms with van der Waals surface area (Å²) < 4.78 is 10.5. The van der Waals surface area contributed by atoms with Gasteiger partial charge in [0.1, 0.15) is 5.75 Å². The van der Waals surface area contributed by atoms with E-state index in [0.29, 0.717) is 13.2 Å². The van der Waals surface area contributed by atoms with Gasteiger partial charge < -0.3 is 9.47 Å². The normalized spacial score (nSPS) is 16.0. The standard InChI is InChI=1S/C13H16N2O3.C9H12OS/c1-3-18-12-11(16)14(2)13(17)15(12)9-10-7-5-4-6-8-10;1-7-4-5-8(10-2)9(6-7)11-3/h4-8,12H,3,9H2,1-2H3;4-6H,1-3H3. The van der Waals surface area contributed by atoms with E-state index in [4.69, 9.17) is 9.47 Å². The largest absolute Gasteiger partial charge is 0.496 e. The van der Waals surface area contributed by atoms with Crippen molar-refractivity contribution in [1.29, 1.82) is 0 Å². The number of methoxy groups -OCH3 is 1. The number of hydrogen-bond acceptors (Lipinski definition) is 5. The Bertz CT molecular complexity index is 829. The Hall–Kier alpha value is -2.51. The smallest absolute Gasteiger partial charge is 0.329 e. The Morgan fingerprint density at radius 3 is 2.38 bits per heavy atom. The maximum Gasteiger partial charge on any atom is 0.329 e. The van der Waals surface area contributed by atoms with Crippen molar-refractivity contribution in [2.75, 3.05) is 27.0 Å². The zero-order chi connectivity index (χ0) is 21.4. The molecule has 0 saturated carbocycles. The van der Waals surface area contributed by atoms with Gasteiger partial charge in [0, 0.05) is 18.6 Å². The predicted molar refractivity (Wildman–Crippen MR) is 115 cm³/mol. The highest BCUT2D eigenvalue weighted by Gasteiger charge is 2.43. The third-order valence-electron chi connectivity index (χ3n) is 4.42. The Labute approximate surface area is 176 Å². The molecule has 1 unspecified atom stereocenters. The second kappa shape index (κ2) is 10.9. The first-order valence-corrected chi connectivity index (χ1v) is 10.6. The molecule has 2 aromatic carbocycles. The molecule has 1 aliphatic rings. The molecule has 156 valence electrons. The van der Waals surface area contributed by atoms with Gasteiger partial charge >= 0.3 is 6.03 Å². The minimum atomic E-state index is -0.798. The number of likely N-dealkylation sites (N-methyl/N-ethyl adjacent to an activating group) is 1. The van der Waals surface area contributed by atoms with Crippen LogP contribution in [-0.4, -0.2) is 55.0 Å². The Morgan fingerprint density at radius 2 is 1.79 bits per heavy atom. The minimum Gasteiger partial charge on any atom is -0.496 e. The zero-order valence-electron chi connectivity index (χ0n) is 17.5. The molecule has 0 radical (unpaired) electrons. The topological polar surface area (TPSA) is 59.1 Å². The molecule has 2 aromatic rings. The lowest BCUT2D eigenvalue weighted by atomic mass is 10.2. The van der Waals surface area contributed by atoms with E-state index in [1.54, 1.807) is 25.8 Å². The summed E-state index contributed by atoms with van der Waals surface area (Å²) in [6, 6.07) is 15.4. The third-order valence-corrected chi connectivity index (χ3v) is 5.18. The number of nitrogens with zero attached hydrogens (tertiary/aromatic N) is 2. The van der Waals surface area contributed by atoms with Crippen molar-refractivity contribution < 1.29 is 19.1 Å². The molecule has 1 atom stereocenters. The quantitative estimate of drug-likeness (QED) is 0.523. The maximum absolute atomic E-state index is 12.0. The van der Waals surface area contributed by atoms with Gasteiger partial charge in [-0.05, 0) is 43.4 Å². The minimum absolute atomic E-state index is 0.308. The van der Waals surface area contributed by atoms with Crippen molar-refractivity contribution in [2.45, 2.75) is 31.5 Å². The molecule has 0 bridgehead atoms. The number of aryl methyl sites for hydroxylation is 1. The number of carbonyl (C=O) groups excluding carboxylic acids is 2. The highest BCUT2D eigenvalue weighted by atomic mass is 32.2. The van der Waals surface area contributed by atoms with Crippen molar-refractivity contribution in [3.05, 3.63) is 59.7 Å². The molecule has 1 saturated heterocycles. The number of carbonyl (C=O) groups is 2. The van der Waals surface area contributed by atoms with Crippen LogP contribution in [0.5, 0.6) is 5.75 Å². The molecule has 1 heterocycles. The van der Waals surface area contributed by atoms with Crippen LogP contribution in [0, 0.1) is 6.92 Å². The fraction of sp³-hybridized carbons (Fsp3) is 0.364. The first-order valence-electron chi connectivity index (χ1n) is 9.35. The molecule has 7 heteroatoms. The third kappa shape index (κ3) is 5.74. The van der Waals surface area contributed by atoms with Crippen molar-refractivity contribution in [2.24, 2.45) is 0 Å². The van der Waals surface area contributed by atoms with Crippen LogP contribution in [0.2, 0.25) is 0 Å². The van der Waals surface area contributed by atoms with Gasteiger partial charge in [-0.1, -0.05) is 36.4 Å². The van der Waals surface area contributed by atoms with Crippen molar-refractivity contribution >= 4 is 23.7 Å². The van der Waals surface area contributed by atoms with Gasteiger partial charge in [-0.2, -0.15) is 0 Å². The van der Waals surface area contributed by atoms with Gasteiger partial charge in [0.15, 0.2) is 0 Å². The Morgan fingerprint density at radius 1 is 1.10 bits per heavy atom. The lowest BCUT2D eigenvalue weighted by molar-refractivity contribution is -0.141. The SMILES string of the molecule is CCOC1C(=O)N(C)C(=O)N1Cc1ccccc1.COc1ccc(C)cc1SC. The van der Waals surface area contributed by atoms with Crippen molar-refractivity contribution in [3.8, 4) is 5.75 Å². The summed E-state index contributed by atoms with van der Waals surface area (Å²) in [6.07, 6.45) is 1.25. The Kier molecular flexibility index (Phi) is 8.54. The predicted octanol–water partition coefficient (Wildman–Crippen LogP) is 4.17. The van der Waals surface area contributed by atoms with Gasteiger partial charge in [0.05, 0.1) is 13.7 Å². The molecular formula is C22H28N2O4S. The van der Waals surface area contributed by atoms with Crippen LogP contribution >= 0.6 is 11.8 Å². The van der Waals surface area contributed by atoms with Gasteiger partial charge in [0.2, 0.25) is 6.23 Å². The summed E-state index contributed by atoms with van der Waals surface area (Å²) in [5, 5.41) is 0. The highest BCUT2D eigenvalue weighted by molar-refractivity contribution is 7.98. The van der Waals surface area contributed by atoms with Gasteiger partial charge in [-0.15, -0.1) is 11.8 Å². The fourth-order valence-electron chi connectivity index (χ4n) is 2.88. The van der Waals surface area contributed by atoms with Crippen molar-refractivity contribution in [3.63, 3.8) is 0 Å². The molecule has 6 nitrogen and oxygen atoms in total. The van der Waals surface area contributed by atoms with Crippen LogP contribution in [0.1, 0.15) is 18.1 Å². The van der Waals surface area contributed by atoms with E-state index >= 15 is 0 Å². The number of ether oxygens (including phenoxy) is 2. The molecular weight excluding hydrogens is 388 g/mol. The first-order chi connectivity index (χ1) is 13.9. The summed E-state index contributed by atoms with van der Waals surface area (Å²) in [6.45, 7) is 4.65. The lowest BCUT2D eigenvalue weighted by Crippen LogP contribution is -2.36. The second-order valence-corrected chi connectivity index (χ2v) is 7.31. The summed E-state index contributed by atoms with van der Waals surface area (Å²) in [5.74, 6) is 0.654. The molecule has 1 fully saturated rings. The van der Waals surface area contributed by atoms with Crippen LogP contribution in [-0.2, 0) is 16.1 Å². The number of urea groups is 1. The molecule has 3 amide bonds. The fourth-order valence-corrected chi connectivity index (χ4v) is 3.54. The van der Waals surface area contributed by atoms with Crippen LogP contribution in [0.4, 0.5) is 4.79 Å². The number of amides is 3. The molecule has 3 rings (SSSR count). The monoisotopic (exact) mass is 416 g/mol. The first kappa shape index (κ1) is 22.8. The molecule has 29 heavy (non-hydrogen) atoms. The average Bonchev–Trinajstić information content (AvgIpc) is 2.93. The number of hydrogen-bond donors (Lipinski definition) is 0. The molecule has 0 spiro atoms. The van der Waals surface area contributed by atoms with Crippen LogP contribution in [0.15, 0.2) is 53.4 Å². The maximum atomic E-state index is 12.0. The van der Waals surface area contributed by atoms with Crippen molar-refractivity contribution in [1.82, 2.24) is 9.80 Å². The lowest BCUT2D eigenvalue weighted by Gasteiger charge is -2.21. The van der Waals surface area contributed by atoms with E-state index in [1.165, 1.54) is 22.4 Å². The van der Waals surface area contributed by atoms with Crippen LogP contribution in [0.25, 0.3) is 0 Å². The van der Waals surface area contributed by atoms with Gasteiger partial charge in [-0.25, -0.2) is 4.79 Å². The molecule has 1 aliphatic heterocycles. The number of imide groups is 1. The molecule has 0 aliphatic carbocycles. The number of rotatable bonds is 6. The van der Waals surface area contributed by atoms with E-state index in [9.17, 15) is 9.59 Å². The second-order valence-electron chi connectivity index (χ2n) is 6.46. The van der Waals surface area contributed by atoms with Gasteiger partial charge in [0.25, 0.3) is 5.91 Å². The average molecular weight is 417 g/mol. The zero-order valence-corrected chi connectivity index (χ0v) is 18.4. The number of benzene rings is 2. The van der Waals surface area contributed by atoms with Crippen LogP contribution in [0.3, 0.4) is 0 Å². The Balaban J connectivity index is 0.000000234. The highest BCUT2D eigenvalue weighted by Crippen LogP contribution is 2.27. The summed E-state index contributed by atoms with van der Waals surface area (Å²) >= 11 is 1.71.